The van der Waals surface area contributed by atoms with Crippen LogP contribution >= 0.6 is 11.6 Å². The highest BCUT2D eigenvalue weighted by atomic mass is 35.5. The summed E-state index contributed by atoms with van der Waals surface area (Å²) in [4.78, 5) is 2.24. The van der Waals surface area contributed by atoms with E-state index in [0.29, 0.717) is 23.9 Å². The fourth-order valence-electron chi connectivity index (χ4n) is 3.52. The van der Waals surface area contributed by atoms with Gasteiger partial charge in [-0.3, -0.25) is 4.31 Å². The minimum absolute atomic E-state index is 0.180. The summed E-state index contributed by atoms with van der Waals surface area (Å²) in [6, 6.07) is 14.7. The molecule has 0 unspecified atom stereocenters. The number of likely N-dealkylation sites (tertiary alicyclic amines) is 1. The number of sulfonamides is 1. The van der Waals surface area contributed by atoms with Crippen molar-refractivity contribution < 1.29 is 18.3 Å². The first-order valence-electron chi connectivity index (χ1n) is 9.55. The standard InChI is InChI=1S/C21H27ClN2O4S/c1-23(29(2,26)27)19-6-8-21(9-7-19)28-15-20(25)14-24-11-10-17(13-24)16-4-3-5-18(22)12-16/h3-9,12,17,20,25H,10-11,13-15H2,1-2H3/t17-,20+/m1/s1. The summed E-state index contributed by atoms with van der Waals surface area (Å²) in [5, 5.41) is 11.1. The molecule has 0 amide bonds. The van der Waals surface area contributed by atoms with Gasteiger partial charge in [-0.1, -0.05) is 23.7 Å². The summed E-state index contributed by atoms with van der Waals surface area (Å²) < 4.78 is 30.0. The lowest BCUT2D eigenvalue weighted by Crippen LogP contribution is -2.34. The summed E-state index contributed by atoms with van der Waals surface area (Å²) in [7, 11) is -1.79. The molecule has 2 aromatic rings. The maximum absolute atomic E-state index is 11.6. The average Bonchev–Trinajstić information content (AvgIpc) is 3.14. The van der Waals surface area contributed by atoms with Crippen molar-refractivity contribution in [1.29, 1.82) is 0 Å². The predicted octanol–water partition coefficient (Wildman–Crippen LogP) is 2.97. The molecule has 1 N–H and O–H groups in total. The summed E-state index contributed by atoms with van der Waals surface area (Å²) in [5.74, 6) is 1.02. The van der Waals surface area contributed by atoms with Gasteiger partial charge >= 0.3 is 0 Å². The van der Waals surface area contributed by atoms with E-state index in [2.05, 4.69) is 11.0 Å². The molecule has 1 fully saturated rings. The normalized spacial score (nSPS) is 18.6. The third-order valence-electron chi connectivity index (χ3n) is 5.20. The molecular formula is C21H27ClN2O4S. The molecule has 8 heteroatoms. The van der Waals surface area contributed by atoms with Crippen LogP contribution in [0.3, 0.4) is 0 Å². The van der Waals surface area contributed by atoms with Crippen molar-refractivity contribution >= 4 is 27.3 Å². The molecular weight excluding hydrogens is 412 g/mol. The van der Waals surface area contributed by atoms with Gasteiger partial charge < -0.3 is 14.7 Å². The van der Waals surface area contributed by atoms with Crippen LogP contribution in [0.4, 0.5) is 5.69 Å². The Bertz CT molecular complexity index is 921. The molecule has 0 spiro atoms. The molecule has 2 aromatic carbocycles. The molecule has 6 nitrogen and oxygen atoms in total. The van der Waals surface area contributed by atoms with Crippen molar-refractivity contribution in [1.82, 2.24) is 4.90 Å². The molecule has 0 aliphatic carbocycles. The van der Waals surface area contributed by atoms with Crippen LogP contribution < -0.4 is 9.04 Å². The lowest BCUT2D eigenvalue weighted by Gasteiger charge is -2.21. The zero-order valence-corrected chi connectivity index (χ0v) is 18.2. The number of halogens is 1. The molecule has 158 valence electrons. The molecule has 1 aliphatic heterocycles. The van der Waals surface area contributed by atoms with E-state index in [1.54, 1.807) is 24.3 Å². The van der Waals surface area contributed by atoms with Crippen molar-refractivity contribution in [3.05, 3.63) is 59.1 Å². The molecule has 2 atom stereocenters. The molecule has 0 bridgehead atoms. The highest BCUT2D eigenvalue weighted by molar-refractivity contribution is 7.92. The number of rotatable bonds is 8. The van der Waals surface area contributed by atoms with Gasteiger partial charge in [-0.15, -0.1) is 0 Å². The number of hydrogen-bond donors (Lipinski definition) is 1. The van der Waals surface area contributed by atoms with E-state index in [0.717, 1.165) is 30.8 Å². The Hall–Kier alpha value is -1.80. The van der Waals surface area contributed by atoms with Crippen LogP contribution in [0, 0.1) is 0 Å². The van der Waals surface area contributed by atoms with E-state index in [-0.39, 0.29) is 6.61 Å². The van der Waals surface area contributed by atoms with E-state index in [1.807, 2.05) is 18.2 Å². The Labute approximate surface area is 177 Å². The first kappa shape index (κ1) is 21.9. The van der Waals surface area contributed by atoms with E-state index in [1.165, 1.54) is 16.9 Å². The van der Waals surface area contributed by atoms with Crippen LogP contribution in [-0.4, -0.2) is 64.1 Å². The molecule has 1 saturated heterocycles. The Kier molecular flexibility index (Phi) is 7.05. The number of nitrogens with zero attached hydrogens (tertiary/aromatic N) is 2. The predicted molar refractivity (Wildman–Crippen MR) is 116 cm³/mol. The largest absolute Gasteiger partial charge is 0.491 e. The average molecular weight is 439 g/mol. The number of aliphatic hydroxyl groups excluding tert-OH is 1. The van der Waals surface area contributed by atoms with Crippen molar-refractivity contribution in [2.45, 2.75) is 18.4 Å². The number of aliphatic hydroxyl groups is 1. The fraction of sp³-hybridized carbons (Fsp3) is 0.429. The third-order valence-corrected chi connectivity index (χ3v) is 6.64. The quantitative estimate of drug-likeness (QED) is 0.686. The first-order chi connectivity index (χ1) is 13.7. The van der Waals surface area contributed by atoms with Gasteiger partial charge in [0.25, 0.3) is 0 Å². The Morgan fingerprint density at radius 3 is 2.66 bits per heavy atom. The Morgan fingerprint density at radius 1 is 1.28 bits per heavy atom. The minimum Gasteiger partial charge on any atom is -0.491 e. The van der Waals surface area contributed by atoms with Gasteiger partial charge in [0.15, 0.2) is 0 Å². The minimum atomic E-state index is -3.30. The van der Waals surface area contributed by atoms with Gasteiger partial charge in [0.05, 0.1) is 11.9 Å². The summed E-state index contributed by atoms with van der Waals surface area (Å²) >= 11 is 6.09. The smallest absolute Gasteiger partial charge is 0.231 e. The van der Waals surface area contributed by atoms with Gasteiger partial charge in [-0.2, -0.15) is 0 Å². The lowest BCUT2D eigenvalue weighted by atomic mass is 9.99. The van der Waals surface area contributed by atoms with Crippen molar-refractivity contribution in [2.75, 3.05) is 43.8 Å². The first-order valence-corrected chi connectivity index (χ1v) is 11.8. The molecule has 1 heterocycles. The van der Waals surface area contributed by atoms with Crippen LogP contribution in [0.1, 0.15) is 17.9 Å². The monoisotopic (exact) mass is 438 g/mol. The van der Waals surface area contributed by atoms with E-state index in [9.17, 15) is 13.5 Å². The van der Waals surface area contributed by atoms with Gasteiger partial charge in [-0.25, -0.2) is 8.42 Å². The van der Waals surface area contributed by atoms with E-state index >= 15 is 0 Å². The molecule has 29 heavy (non-hydrogen) atoms. The molecule has 1 aliphatic rings. The van der Waals surface area contributed by atoms with E-state index in [4.69, 9.17) is 16.3 Å². The maximum Gasteiger partial charge on any atom is 0.231 e. The van der Waals surface area contributed by atoms with Crippen molar-refractivity contribution in [2.24, 2.45) is 0 Å². The maximum atomic E-state index is 11.6. The highest BCUT2D eigenvalue weighted by Crippen LogP contribution is 2.28. The van der Waals surface area contributed by atoms with Crippen molar-refractivity contribution in [3.8, 4) is 5.75 Å². The Balaban J connectivity index is 1.46. The summed E-state index contributed by atoms with van der Waals surface area (Å²) in [6.45, 7) is 2.55. The van der Waals surface area contributed by atoms with Crippen LogP contribution in [0.5, 0.6) is 5.75 Å². The fourth-order valence-corrected chi connectivity index (χ4v) is 4.22. The molecule has 0 aromatic heterocycles. The molecule has 0 saturated carbocycles. The van der Waals surface area contributed by atoms with E-state index < -0.39 is 16.1 Å². The number of anilines is 1. The zero-order chi connectivity index (χ0) is 21.0. The lowest BCUT2D eigenvalue weighted by molar-refractivity contribution is 0.0754. The van der Waals surface area contributed by atoms with Crippen molar-refractivity contribution in [3.63, 3.8) is 0 Å². The van der Waals surface area contributed by atoms with Gasteiger partial charge in [0.2, 0.25) is 10.0 Å². The van der Waals surface area contributed by atoms with Crippen LogP contribution in [0.2, 0.25) is 5.02 Å². The second-order valence-corrected chi connectivity index (χ2v) is 9.94. The van der Waals surface area contributed by atoms with Gasteiger partial charge in [-0.05, 0) is 60.8 Å². The van der Waals surface area contributed by atoms with Gasteiger partial charge in [0, 0.05) is 25.2 Å². The second-order valence-electron chi connectivity index (χ2n) is 7.49. The topological polar surface area (TPSA) is 70.1 Å². The number of hydrogen-bond acceptors (Lipinski definition) is 5. The summed E-state index contributed by atoms with van der Waals surface area (Å²) in [6.07, 6.45) is 1.60. The number of ether oxygens (including phenoxy) is 1. The number of β-amino-alcohol motifs (C(OH)–C–C–N with tert-alkyl or cyclic N) is 1. The number of benzene rings is 2. The molecule has 3 rings (SSSR count). The SMILES string of the molecule is CN(c1ccc(OC[C@@H](O)CN2CC[C@@H](c3cccc(Cl)c3)C2)cc1)S(C)(=O)=O. The zero-order valence-electron chi connectivity index (χ0n) is 16.7. The third kappa shape index (κ3) is 6.09. The van der Waals surface area contributed by atoms with Gasteiger partial charge in [0.1, 0.15) is 18.5 Å². The van der Waals surface area contributed by atoms with Crippen LogP contribution in [0.25, 0.3) is 0 Å². The molecule has 0 radical (unpaired) electrons. The Morgan fingerprint density at radius 2 is 2.00 bits per heavy atom. The van der Waals surface area contributed by atoms with Crippen LogP contribution in [-0.2, 0) is 10.0 Å². The highest BCUT2D eigenvalue weighted by Gasteiger charge is 2.25. The van der Waals surface area contributed by atoms with Crippen LogP contribution in [0.15, 0.2) is 48.5 Å². The second kappa shape index (κ2) is 9.34. The summed E-state index contributed by atoms with van der Waals surface area (Å²) in [5.41, 5.74) is 1.80.